The molecule has 1 unspecified atom stereocenters. The lowest BCUT2D eigenvalue weighted by Crippen LogP contribution is -2.12. The van der Waals surface area contributed by atoms with Crippen molar-refractivity contribution in [3.8, 4) is 0 Å². The van der Waals surface area contributed by atoms with E-state index >= 15 is 0 Å². The molecule has 0 fully saturated rings. The van der Waals surface area contributed by atoms with Crippen molar-refractivity contribution in [3.05, 3.63) is 0 Å². The summed E-state index contributed by atoms with van der Waals surface area (Å²) in [7, 11) is 2.51. The Morgan fingerprint density at radius 2 is 1.83 bits per heavy atom. The van der Waals surface area contributed by atoms with E-state index in [2.05, 4.69) is 11.2 Å². The Bertz CT molecular complexity index is 62.6. The molecule has 0 heterocycles. The molecule has 0 aromatic carbocycles. The molecule has 0 bridgehead atoms. The third-order valence-corrected chi connectivity index (χ3v) is 1.83. The molecule has 0 aromatic rings. The van der Waals surface area contributed by atoms with Gasteiger partial charge in [-0.05, 0) is 25.3 Å². The summed E-state index contributed by atoms with van der Waals surface area (Å²) < 4.78 is 9.96. The molecule has 2 nitrogen and oxygen atoms in total. The van der Waals surface area contributed by atoms with E-state index in [0.717, 1.165) is 0 Å². The van der Waals surface area contributed by atoms with Crippen LogP contribution in [0.2, 0.25) is 0 Å². The first-order valence-electron chi connectivity index (χ1n) is 1.43. The standard InChI is InChI=1S/C2H7NOS2/c1-3(2)6(4)5/h1-2H3,(H,4,5). The molecule has 0 spiro atoms. The van der Waals surface area contributed by atoms with E-state index in [4.69, 9.17) is 4.55 Å². The van der Waals surface area contributed by atoms with E-state index in [0.29, 0.717) is 0 Å². The SMILES string of the molecule is CN(C)S(O)=S. The predicted molar refractivity (Wildman–Crippen MR) is 31.0 cm³/mol. The Morgan fingerprint density at radius 1 is 1.67 bits per heavy atom. The van der Waals surface area contributed by atoms with Crippen LogP contribution >= 0.6 is 0 Å². The lowest BCUT2D eigenvalue weighted by Gasteiger charge is -2.02. The first kappa shape index (κ1) is 6.49. The molecule has 0 saturated carbocycles. The number of nitrogens with zero attached hydrogens (tertiary/aromatic N) is 1. The summed E-state index contributed by atoms with van der Waals surface area (Å²) in [6.45, 7) is 0. The Hall–Kier alpha value is 0.490. The third-order valence-electron chi connectivity index (χ3n) is 0.312. The molecule has 0 saturated heterocycles. The zero-order chi connectivity index (χ0) is 5.15. The normalized spacial score (nSPS) is 15.3. The van der Waals surface area contributed by atoms with Gasteiger partial charge in [0.05, 0.1) is 9.92 Å². The van der Waals surface area contributed by atoms with Crippen LogP contribution in [0.4, 0.5) is 0 Å². The highest BCUT2D eigenvalue weighted by Crippen LogP contribution is 1.75. The number of hydrogen-bond donors (Lipinski definition) is 1. The van der Waals surface area contributed by atoms with Gasteiger partial charge in [0.2, 0.25) is 0 Å². The minimum Gasteiger partial charge on any atom is -0.315 e. The fraction of sp³-hybridized carbons (Fsp3) is 1.00. The van der Waals surface area contributed by atoms with Gasteiger partial charge in [-0.3, -0.25) is 0 Å². The maximum Gasteiger partial charge on any atom is 0.0803 e. The molecule has 1 atom stereocenters. The van der Waals surface area contributed by atoms with E-state index in [1.54, 1.807) is 18.4 Å². The van der Waals surface area contributed by atoms with Crippen LogP contribution in [-0.2, 0) is 21.1 Å². The quantitative estimate of drug-likeness (QED) is 0.534. The predicted octanol–water partition coefficient (Wildman–Crippen LogP) is 0.0162. The molecule has 0 radical (unpaired) electrons. The van der Waals surface area contributed by atoms with E-state index in [1.807, 2.05) is 0 Å². The number of rotatable bonds is 1. The first-order chi connectivity index (χ1) is 2.64. The fourth-order valence-corrected chi connectivity index (χ4v) is 0. The van der Waals surface area contributed by atoms with Gasteiger partial charge < -0.3 is 4.55 Å². The molecular weight excluding hydrogens is 118 g/mol. The summed E-state index contributed by atoms with van der Waals surface area (Å²) in [5.74, 6) is 0. The van der Waals surface area contributed by atoms with Crippen molar-refractivity contribution in [1.29, 1.82) is 0 Å². The van der Waals surface area contributed by atoms with Crippen molar-refractivity contribution >= 4 is 21.1 Å². The Balaban J connectivity index is 3.26. The maximum atomic E-state index is 8.40. The zero-order valence-corrected chi connectivity index (χ0v) is 5.34. The van der Waals surface area contributed by atoms with E-state index in [-0.39, 0.29) is 0 Å². The molecule has 38 valence electrons. The minimum atomic E-state index is -0.951. The van der Waals surface area contributed by atoms with Crippen LogP contribution < -0.4 is 0 Å². The molecule has 0 aliphatic rings. The maximum absolute atomic E-state index is 8.40. The number of hydrogen-bond acceptors (Lipinski definition) is 1. The van der Waals surface area contributed by atoms with Crippen molar-refractivity contribution in [2.24, 2.45) is 0 Å². The van der Waals surface area contributed by atoms with Crippen molar-refractivity contribution in [3.63, 3.8) is 0 Å². The van der Waals surface area contributed by atoms with E-state index in [1.165, 1.54) is 0 Å². The van der Waals surface area contributed by atoms with Crippen LogP contribution in [0.3, 0.4) is 0 Å². The molecule has 4 heteroatoms. The summed E-state index contributed by atoms with van der Waals surface area (Å²) in [6.07, 6.45) is 0. The highest BCUT2D eigenvalue weighted by molar-refractivity contribution is 8.24. The van der Waals surface area contributed by atoms with Crippen molar-refractivity contribution in [1.82, 2.24) is 4.31 Å². The highest BCUT2D eigenvalue weighted by atomic mass is 32.8. The summed E-state index contributed by atoms with van der Waals surface area (Å²) in [6, 6.07) is 0. The lowest BCUT2D eigenvalue weighted by atomic mass is 11.3. The van der Waals surface area contributed by atoms with Crippen molar-refractivity contribution < 1.29 is 4.55 Å². The zero-order valence-electron chi connectivity index (χ0n) is 3.71. The summed E-state index contributed by atoms with van der Waals surface area (Å²) in [4.78, 5) is 0. The topological polar surface area (TPSA) is 23.5 Å². The van der Waals surface area contributed by atoms with E-state index < -0.39 is 9.92 Å². The first-order valence-corrected chi connectivity index (χ1v) is 3.49. The van der Waals surface area contributed by atoms with Gasteiger partial charge in [0.15, 0.2) is 0 Å². The molecular formula is C2H7NOS2. The second kappa shape index (κ2) is 2.63. The monoisotopic (exact) mass is 125 g/mol. The average molecular weight is 125 g/mol. The molecule has 1 N–H and O–H groups in total. The highest BCUT2D eigenvalue weighted by Gasteiger charge is 1.84. The molecule has 0 aromatic heterocycles. The van der Waals surface area contributed by atoms with Crippen LogP contribution in [0.25, 0.3) is 0 Å². The Morgan fingerprint density at radius 3 is 1.83 bits per heavy atom. The second-order valence-electron chi connectivity index (χ2n) is 1.04. The summed E-state index contributed by atoms with van der Waals surface area (Å²) >= 11 is 4.41. The van der Waals surface area contributed by atoms with Gasteiger partial charge in [0, 0.05) is 0 Å². The smallest absolute Gasteiger partial charge is 0.0803 e. The summed E-state index contributed by atoms with van der Waals surface area (Å²) in [5, 5.41) is 0. The molecule has 0 aliphatic carbocycles. The molecule has 0 amide bonds. The average Bonchev–Trinajstić information content (AvgIpc) is 1.36. The van der Waals surface area contributed by atoms with Gasteiger partial charge in [-0.1, -0.05) is 0 Å². The third kappa shape index (κ3) is 2.71. The lowest BCUT2D eigenvalue weighted by molar-refractivity contribution is 0.568. The Labute approximate surface area is 44.7 Å². The van der Waals surface area contributed by atoms with Crippen molar-refractivity contribution in [2.45, 2.75) is 0 Å². The van der Waals surface area contributed by atoms with Gasteiger partial charge in [-0.15, -0.1) is 0 Å². The van der Waals surface area contributed by atoms with Gasteiger partial charge in [-0.2, -0.15) is 0 Å². The molecule has 0 rings (SSSR count). The van der Waals surface area contributed by atoms with Gasteiger partial charge in [-0.25, -0.2) is 4.31 Å². The van der Waals surface area contributed by atoms with E-state index in [9.17, 15) is 0 Å². The van der Waals surface area contributed by atoms with Gasteiger partial charge >= 0.3 is 0 Å². The van der Waals surface area contributed by atoms with Crippen molar-refractivity contribution in [2.75, 3.05) is 14.1 Å². The Kier molecular flexibility index (Phi) is 2.84. The second-order valence-corrected chi connectivity index (χ2v) is 3.13. The van der Waals surface area contributed by atoms with Crippen LogP contribution in [0.15, 0.2) is 0 Å². The fourth-order valence-electron chi connectivity index (χ4n) is 0. The van der Waals surface area contributed by atoms with Crippen LogP contribution in [0.1, 0.15) is 0 Å². The largest absolute Gasteiger partial charge is 0.315 e. The van der Waals surface area contributed by atoms with Crippen LogP contribution in [-0.4, -0.2) is 23.0 Å². The van der Waals surface area contributed by atoms with Gasteiger partial charge in [0.1, 0.15) is 0 Å². The molecule has 6 heavy (non-hydrogen) atoms. The molecule has 0 aliphatic heterocycles. The minimum absolute atomic E-state index is 0.951. The van der Waals surface area contributed by atoms with Gasteiger partial charge in [0.25, 0.3) is 0 Å². The van der Waals surface area contributed by atoms with Crippen LogP contribution in [0, 0.1) is 0 Å². The summed E-state index contributed by atoms with van der Waals surface area (Å²) in [5.41, 5.74) is 0. The van der Waals surface area contributed by atoms with Crippen LogP contribution in [0.5, 0.6) is 0 Å².